The van der Waals surface area contributed by atoms with Gasteiger partial charge in [0.05, 0.1) is 0 Å². The van der Waals surface area contributed by atoms with Gasteiger partial charge in [-0.15, -0.1) is 11.6 Å². The second kappa shape index (κ2) is 4.67. The van der Waals surface area contributed by atoms with Crippen molar-refractivity contribution in [2.24, 2.45) is 0 Å². The van der Waals surface area contributed by atoms with Crippen LogP contribution in [-0.4, -0.2) is 0 Å². The molecule has 17 heavy (non-hydrogen) atoms. The molecule has 1 atom stereocenters. The van der Waals surface area contributed by atoms with Gasteiger partial charge in [-0.3, -0.25) is 0 Å². The maximum Gasteiger partial charge on any atom is 0.160 e. The van der Waals surface area contributed by atoms with E-state index in [2.05, 4.69) is 0 Å². The van der Waals surface area contributed by atoms with Crippen LogP contribution in [0.5, 0.6) is 0 Å². The molecule has 2 aromatic rings. The number of aryl methyl sites for hydroxylation is 1. The zero-order valence-corrected chi connectivity index (χ0v) is 10.3. The number of halogens is 4. The number of benzene rings is 1. The van der Waals surface area contributed by atoms with Crippen LogP contribution in [-0.2, 0) is 0 Å². The smallest absolute Gasteiger partial charge is 0.160 e. The maximum atomic E-state index is 13.1. The fourth-order valence-corrected chi connectivity index (χ4v) is 2.09. The number of rotatable bonds is 2. The predicted octanol–water partition coefficient (Wildman–Crippen LogP) is 4.85. The predicted molar refractivity (Wildman–Crippen MR) is 62.5 cm³/mol. The molecule has 1 aromatic carbocycles. The number of hydrogen-bond donors (Lipinski definition) is 0. The average molecular weight is 277 g/mol. The summed E-state index contributed by atoms with van der Waals surface area (Å²) in [5.41, 5.74) is 0.279. The quantitative estimate of drug-likeness (QED) is 0.565. The summed E-state index contributed by atoms with van der Waals surface area (Å²) >= 11 is 11.9. The Kier molecular flexibility index (Phi) is 3.40. The molecule has 90 valence electrons. The number of alkyl halides is 1. The van der Waals surface area contributed by atoms with Crippen molar-refractivity contribution < 1.29 is 13.2 Å². The molecule has 0 aliphatic carbocycles. The van der Waals surface area contributed by atoms with E-state index in [1.165, 1.54) is 0 Å². The molecule has 1 unspecified atom stereocenters. The fourth-order valence-electron chi connectivity index (χ4n) is 1.48. The van der Waals surface area contributed by atoms with Crippen molar-refractivity contribution in [3.63, 3.8) is 0 Å². The largest absolute Gasteiger partial charge is 0.464 e. The van der Waals surface area contributed by atoms with Gasteiger partial charge in [0.15, 0.2) is 11.6 Å². The van der Waals surface area contributed by atoms with Gasteiger partial charge >= 0.3 is 0 Å². The Hall–Kier alpha value is -1.06. The number of furan rings is 1. The fraction of sp³-hybridized carbons (Fsp3) is 0.167. The molecule has 0 spiro atoms. The lowest BCUT2D eigenvalue weighted by Gasteiger charge is -2.09. The van der Waals surface area contributed by atoms with Crippen LogP contribution in [0.1, 0.15) is 22.5 Å². The van der Waals surface area contributed by atoms with Crippen molar-refractivity contribution in [3.8, 4) is 0 Å². The van der Waals surface area contributed by atoms with Crippen molar-refractivity contribution in [1.82, 2.24) is 0 Å². The molecular formula is C12H8Cl2F2O. The first kappa shape index (κ1) is 12.4. The van der Waals surface area contributed by atoms with E-state index >= 15 is 0 Å². The molecule has 0 fully saturated rings. The average Bonchev–Trinajstić information content (AvgIpc) is 2.69. The molecular weight excluding hydrogens is 269 g/mol. The third-order valence-electron chi connectivity index (χ3n) is 2.32. The third-order valence-corrected chi connectivity index (χ3v) is 3.10. The summed E-state index contributed by atoms with van der Waals surface area (Å²) in [6.07, 6.45) is 0. The maximum absolute atomic E-state index is 13.1. The van der Waals surface area contributed by atoms with Gasteiger partial charge < -0.3 is 4.42 Å². The molecule has 0 saturated carbocycles. The third kappa shape index (κ3) is 2.45. The SMILES string of the molecule is Cc1ccc(C(Cl)c2cc(F)c(F)cc2Cl)o1. The lowest BCUT2D eigenvalue weighted by atomic mass is 10.1. The molecule has 1 aromatic heterocycles. The molecule has 0 amide bonds. The second-order valence-electron chi connectivity index (χ2n) is 3.60. The summed E-state index contributed by atoms with van der Waals surface area (Å²) in [5.74, 6) is -0.863. The summed E-state index contributed by atoms with van der Waals surface area (Å²) in [7, 11) is 0. The molecule has 1 nitrogen and oxygen atoms in total. The Labute approximate surface area is 107 Å². The van der Waals surface area contributed by atoms with Gasteiger partial charge in [0.1, 0.15) is 16.9 Å². The van der Waals surface area contributed by atoms with Crippen LogP contribution in [0.2, 0.25) is 5.02 Å². The summed E-state index contributed by atoms with van der Waals surface area (Å²) in [5, 5.41) is -0.677. The summed E-state index contributed by atoms with van der Waals surface area (Å²) in [6.45, 7) is 1.76. The van der Waals surface area contributed by atoms with Crippen molar-refractivity contribution in [1.29, 1.82) is 0 Å². The van der Waals surface area contributed by atoms with Crippen LogP contribution in [0.3, 0.4) is 0 Å². The van der Waals surface area contributed by atoms with Gasteiger partial charge in [0.25, 0.3) is 0 Å². The molecule has 5 heteroatoms. The molecule has 0 aliphatic heterocycles. The lowest BCUT2D eigenvalue weighted by Crippen LogP contribution is -1.96. The molecule has 0 saturated heterocycles. The van der Waals surface area contributed by atoms with Crippen LogP contribution in [0.15, 0.2) is 28.7 Å². The minimum absolute atomic E-state index is 0.0675. The Morgan fingerprint density at radius 2 is 1.82 bits per heavy atom. The topological polar surface area (TPSA) is 13.1 Å². The molecule has 0 bridgehead atoms. The first-order valence-electron chi connectivity index (χ1n) is 4.84. The van der Waals surface area contributed by atoms with Crippen molar-refractivity contribution in [2.75, 3.05) is 0 Å². The Bertz CT molecular complexity index is 551. The van der Waals surface area contributed by atoms with E-state index in [9.17, 15) is 8.78 Å². The highest BCUT2D eigenvalue weighted by Crippen LogP contribution is 2.35. The van der Waals surface area contributed by atoms with E-state index in [1.807, 2.05) is 0 Å². The van der Waals surface area contributed by atoms with Crippen molar-refractivity contribution in [3.05, 3.63) is 58.0 Å². The van der Waals surface area contributed by atoms with Crippen LogP contribution >= 0.6 is 23.2 Å². The summed E-state index contributed by atoms with van der Waals surface area (Å²) in [4.78, 5) is 0. The van der Waals surface area contributed by atoms with Crippen LogP contribution in [0, 0.1) is 18.6 Å². The van der Waals surface area contributed by atoms with E-state index in [-0.39, 0.29) is 10.6 Å². The van der Waals surface area contributed by atoms with Gasteiger partial charge in [-0.1, -0.05) is 11.6 Å². The van der Waals surface area contributed by atoms with E-state index in [0.29, 0.717) is 11.5 Å². The highest BCUT2D eigenvalue weighted by molar-refractivity contribution is 6.33. The van der Waals surface area contributed by atoms with Gasteiger partial charge in [-0.2, -0.15) is 0 Å². The van der Waals surface area contributed by atoms with E-state index in [4.69, 9.17) is 27.6 Å². The first-order chi connectivity index (χ1) is 7.99. The van der Waals surface area contributed by atoms with Crippen LogP contribution < -0.4 is 0 Å². The molecule has 0 aliphatic rings. The molecule has 0 radical (unpaired) electrons. The first-order valence-corrected chi connectivity index (χ1v) is 5.65. The molecule has 1 heterocycles. The summed E-state index contributed by atoms with van der Waals surface area (Å²) in [6, 6.07) is 5.29. The van der Waals surface area contributed by atoms with E-state index in [0.717, 1.165) is 12.1 Å². The van der Waals surface area contributed by atoms with Gasteiger partial charge in [0.2, 0.25) is 0 Å². The van der Waals surface area contributed by atoms with Crippen molar-refractivity contribution >= 4 is 23.2 Å². The monoisotopic (exact) mass is 276 g/mol. The second-order valence-corrected chi connectivity index (χ2v) is 4.44. The highest BCUT2D eigenvalue weighted by Gasteiger charge is 2.20. The Morgan fingerprint density at radius 1 is 1.18 bits per heavy atom. The van der Waals surface area contributed by atoms with Gasteiger partial charge in [-0.25, -0.2) is 8.78 Å². The Balaban J connectivity index is 2.43. The normalized spacial score (nSPS) is 12.8. The lowest BCUT2D eigenvalue weighted by molar-refractivity contribution is 0.485. The molecule has 0 N–H and O–H groups in total. The minimum Gasteiger partial charge on any atom is -0.464 e. The van der Waals surface area contributed by atoms with E-state index < -0.39 is 17.0 Å². The van der Waals surface area contributed by atoms with E-state index in [1.54, 1.807) is 19.1 Å². The Morgan fingerprint density at radius 3 is 2.41 bits per heavy atom. The highest BCUT2D eigenvalue weighted by atomic mass is 35.5. The van der Waals surface area contributed by atoms with Gasteiger partial charge in [-0.05, 0) is 36.8 Å². The molecule has 2 rings (SSSR count). The van der Waals surface area contributed by atoms with Crippen molar-refractivity contribution in [2.45, 2.75) is 12.3 Å². The summed E-state index contributed by atoms with van der Waals surface area (Å²) < 4.78 is 31.3. The zero-order valence-electron chi connectivity index (χ0n) is 8.81. The van der Waals surface area contributed by atoms with Crippen LogP contribution in [0.4, 0.5) is 8.78 Å². The van der Waals surface area contributed by atoms with Crippen LogP contribution in [0.25, 0.3) is 0 Å². The zero-order chi connectivity index (χ0) is 12.6. The van der Waals surface area contributed by atoms with Gasteiger partial charge in [0, 0.05) is 5.02 Å². The minimum atomic E-state index is -1.00. The number of hydrogen-bond acceptors (Lipinski definition) is 1. The standard InChI is InChI=1S/C12H8Cl2F2O/c1-6-2-3-11(17-6)12(14)7-4-9(15)10(16)5-8(7)13/h2-5,12H,1H3.